The van der Waals surface area contributed by atoms with Gasteiger partial charge in [0.1, 0.15) is 5.01 Å². The highest BCUT2D eigenvalue weighted by Crippen LogP contribution is 2.30. The second kappa shape index (κ2) is 7.03. The molecule has 0 fully saturated rings. The highest BCUT2D eigenvalue weighted by molar-refractivity contribution is 7.11. The molecule has 128 valence electrons. The number of aromatic nitrogens is 1. The molecule has 1 aliphatic rings. The summed E-state index contributed by atoms with van der Waals surface area (Å²) in [6.07, 6.45) is 1.26. The van der Waals surface area contributed by atoms with Crippen LogP contribution >= 0.6 is 11.3 Å². The van der Waals surface area contributed by atoms with Crippen LogP contribution in [0.2, 0.25) is 0 Å². The van der Waals surface area contributed by atoms with E-state index >= 15 is 0 Å². The third-order valence-corrected chi connectivity index (χ3v) is 5.52. The van der Waals surface area contributed by atoms with Crippen molar-refractivity contribution in [3.63, 3.8) is 0 Å². The van der Waals surface area contributed by atoms with E-state index in [1.165, 1.54) is 10.4 Å². The van der Waals surface area contributed by atoms with Gasteiger partial charge in [-0.05, 0) is 36.8 Å². The number of amides is 1. The van der Waals surface area contributed by atoms with E-state index in [0.717, 1.165) is 22.7 Å². The molecular formula is C19H24N2O2S. The van der Waals surface area contributed by atoms with Gasteiger partial charge in [-0.15, -0.1) is 11.3 Å². The highest BCUT2D eigenvalue weighted by atomic mass is 32.1. The molecule has 1 heterocycles. The van der Waals surface area contributed by atoms with Gasteiger partial charge in [0.05, 0.1) is 24.3 Å². The molecule has 1 aromatic heterocycles. The maximum atomic E-state index is 12.5. The van der Waals surface area contributed by atoms with Crippen LogP contribution < -0.4 is 5.32 Å². The zero-order valence-electron chi connectivity index (χ0n) is 14.4. The zero-order valence-corrected chi connectivity index (χ0v) is 15.2. The van der Waals surface area contributed by atoms with Crippen molar-refractivity contribution in [3.05, 3.63) is 51.0 Å². The third-order valence-electron chi connectivity index (χ3n) is 4.54. The first-order valence-corrected chi connectivity index (χ1v) is 9.28. The van der Waals surface area contributed by atoms with Crippen LogP contribution in [-0.2, 0) is 17.6 Å². The average Bonchev–Trinajstić information content (AvgIpc) is 2.91. The highest BCUT2D eigenvalue weighted by Gasteiger charge is 2.29. The Hall–Kier alpha value is -1.72. The maximum Gasteiger partial charge on any atom is 0.227 e. The van der Waals surface area contributed by atoms with E-state index in [-0.39, 0.29) is 18.4 Å². The van der Waals surface area contributed by atoms with Gasteiger partial charge >= 0.3 is 0 Å². The van der Waals surface area contributed by atoms with Gasteiger partial charge < -0.3 is 10.4 Å². The molecule has 0 radical (unpaired) electrons. The lowest BCUT2D eigenvalue weighted by Crippen LogP contribution is -2.39. The number of aryl methyl sites for hydroxylation is 2. The molecule has 0 unspecified atom stereocenters. The molecule has 0 aliphatic heterocycles. The van der Waals surface area contributed by atoms with Gasteiger partial charge in [0, 0.05) is 4.88 Å². The number of aliphatic hydroxyl groups is 1. The number of aliphatic hydroxyl groups excluding tert-OH is 1. The lowest BCUT2D eigenvalue weighted by Gasteiger charge is -2.31. The summed E-state index contributed by atoms with van der Waals surface area (Å²) in [5.41, 5.74) is 3.31. The second-order valence-corrected chi connectivity index (χ2v) is 8.02. The fourth-order valence-corrected chi connectivity index (χ4v) is 4.44. The number of thiazole rings is 1. The van der Waals surface area contributed by atoms with Crippen molar-refractivity contribution < 1.29 is 9.90 Å². The molecule has 0 saturated heterocycles. The number of nitrogens with one attached hydrogen (secondary N) is 1. The summed E-state index contributed by atoms with van der Waals surface area (Å²) in [6, 6.07) is 7.69. The Kier molecular flexibility index (Phi) is 5.01. The summed E-state index contributed by atoms with van der Waals surface area (Å²) < 4.78 is 0. The van der Waals surface area contributed by atoms with Crippen molar-refractivity contribution in [2.75, 3.05) is 0 Å². The number of benzene rings is 1. The first kappa shape index (κ1) is 17.1. The molecular weight excluding hydrogens is 320 g/mol. The molecule has 2 N–H and O–H groups in total. The van der Waals surface area contributed by atoms with Gasteiger partial charge in [-0.25, -0.2) is 4.98 Å². The van der Waals surface area contributed by atoms with Crippen LogP contribution in [0.1, 0.15) is 58.9 Å². The number of rotatable bonds is 4. The summed E-state index contributed by atoms with van der Waals surface area (Å²) in [4.78, 5) is 18.2. The minimum atomic E-state index is -0.534. The quantitative estimate of drug-likeness (QED) is 0.895. The first-order chi connectivity index (χ1) is 11.5. The number of hydrogen-bond donors (Lipinski definition) is 2. The van der Waals surface area contributed by atoms with Crippen molar-refractivity contribution in [1.29, 1.82) is 0 Å². The Balaban J connectivity index is 1.72. The molecule has 1 amide bonds. The van der Waals surface area contributed by atoms with E-state index in [2.05, 4.69) is 37.1 Å². The molecule has 2 aromatic rings. The molecule has 4 nitrogen and oxygen atoms in total. The topological polar surface area (TPSA) is 62.2 Å². The summed E-state index contributed by atoms with van der Waals surface area (Å²) in [5.74, 6) is 0.282. The summed E-state index contributed by atoms with van der Waals surface area (Å²) in [5, 5.41) is 14.2. The zero-order chi connectivity index (χ0) is 17.3. The first-order valence-electron chi connectivity index (χ1n) is 8.47. The van der Waals surface area contributed by atoms with Gasteiger partial charge in [-0.2, -0.15) is 0 Å². The Morgan fingerprint density at radius 2 is 2.17 bits per heavy atom. The summed E-state index contributed by atoms with van der Waals surface area (Å²) in [6.45, 7) is 6.28. The molecule has 24 heavy (non-hydrogen) atoms. The smallest absolute Gasteiger partial charge is 0.227 e. The fraction of sp³-hybridized carbons (Fsp3) is 0.474. The average molecular weight is 344 g/mol. The second-order valence-electron chi connectivity index (χ2n) is 6.73. The van der Waals surface area contributed by atoms with Crippen LogP contribution in [0.3, 0.4) is 0 Å². The van der Waals surface area contributed by atoms with E-state index < -0.39 is 6.10 Å². The van der Waals surface area contributed by atoms with Crippen LogP contribution in [-0.4, -0.2) is 22.1 Å². The molecule has 1 aromatic carbocycles. The third kappa shape index (κ3) is 3.52. The lowest BCUT2D eigenvalue weighted by molar-refractivity contribution is -0.122. The molecule has 2 atom stereocenters. The standard InChI is InChI=1S/C19H24N2O2S/c1-11(2)18-12(3)24-17(21-18)10-16(23)20-19-14-7-5-4-6-13(14)8-9-15(19)22/h4-7,11,15,19,22H,8-10H2,1-3H3,(H,20,23)/t15-,19+/m1/s1. The molecule has 0 spiro atoms. The van der Waals surface area contributed by atoms with E-state index in [1.54, 1.807) is 11.3 Å². The number of carbonyl (C=O) groups is 1. The van der Waals surface area contributed by atoms with Gasteiger partial charge in [0.15, 0.2) is 0 Å². The lowest BCUT2D eigenvalue weighted by atomic mass is 9.85. The maximum absolute atomic E-state index is 12.5. The number of nitrogens with zero attached hydrogens (tertiary/aromatic N) is 1. The fourth-order valence-electron chi connectivity index (χ4n) is 3.35. The van der Waals surface area contributed by atoms with Gasteiger partial charge in [-0.3, -0.25) is 4.79 Å². The van der Waals surface area contributed by atoms with Gasteiger partial charge in [0.25, 0.3) is 0 Å². The van der Waals surface area contributed by atoms with Gasteiger partial charge in [0.2, 0.25) is 5.91 Å². The van der Waals surface area contributed by atoms with Crippen molar-refractivity contribution in [2.24, 2.45) is 0 Å². The normalized spacial score (nSPS) is 20.0. The Morgan fingerprint density at radius 3 is 2.88 bits per heavy atom. The number of fused-ring (bicyclic) bond motifs is 1. The SMILES string of the molecule is Cc1sc(CC(=O)N[C@H]2c3ccccc3CC[C@H]2O)nc1C(C)C. The van der Waals surface area contributed by atoms with E-state index in [0.29, 0.717) is 12.3 Å². The Labute approximate surface area is 146 Å². The summed E-state index contributed by atoms with van der Waals surface area (Å²) in [7, 11) is 0. The molecule has 0 bridgehead atoms. The Bertz CT molecular complexity index is 739. The predicted octanol–water partition coefficient (Wildman–Crippen LogP) is 3.28. The van der Waals surface area contributed by atoms with Crippen LogP contribution in [0.4, 0.5) is 0 Å². The van der Waals surface area contributed by atoms with Gasteiger partial charge in [-0.1, -0.05) is 38.1 Å². The minimum Gasteiger partial charge on any atom is -0.391 e. The van der Waals surface area contributed by atoms with Crippen molar-refractivity contribution in [2.45, 2.75) is 58.1 Å². The van der Waals surface area contributed by atoms with Crippen LogP contribution in [0.25, 0.3) is 0 Å². The number of hydrogen-bond acceptors (Lipinski definition) is 4. The molecule has 5 heteroatoms. The molecule has 3 rings (SSSR count). The van der Waals surface area contributed by atoms with Crippen molar-refractivity contribution in [1.82, 2.24) is 10.3 Å². The summed E-state index contributed by atoms with van der Waals surface area (Å²) >= 11 is 1.59. The van der Waals surface area contributed by atoms with Crippen molar-refractivity contribution in [3.8, 4) is 0 Å². The van der Waals surface area contributed by atoms with Crippen LogP contribution in [0.15, 0.2) is 24.3 Å². The van der Waals surface area contributed by atoms with Crippen LogP contribution in [0, 0.1) is 6.92 Å². The number of carbonyl (C=O) groups excluding carboxylic acids is 1. The van der Waals surface area contributed by atoms with Crippen LogP contribution in [0.5, 0.6) is 0 Å². The Morgan fingerprint density at radius 1 is 1.42 bits per heavy atom. The molecule has 0 saturated carbocycles. The van der Waals surface area contributed by atoms with E-state index in [9.17, 15) is 9.90 Å². The predicted molar refractivity (Wildman–Crippen MR) is 96.3 cm³/mol. The van der Waals surface area contributed by atoms with E-state index in [1.807, 2.05) is 18.2 Å². The van der Waals surface area contributed by atoms with Crippen molar-refractivity contribution >= 4 is 17.2 Å². The van der Waals surface area contributed by atoms with E-state index in [4.69, 9.17) is 0 Å². The largest absolute Gasteiger partial charge is 0.391 e. The monoisotopic (exact) mass is 344 g/mol. The molecule has 1 aliphatic carbocycles. The minimum absolute atomic E-state index is 0.0835.